The minimum atomic E-state index is -0.272. The number of amides is 1. The average molecular weight is 365 g/mol. The average Bonchev–Trinajstić information content (AvgIpc) is 2.92. The van der Waals surface area contributed by atoms with Crippen LogP contribution in [0.15, 0.2) is 30.5 Å². The maximum atomic E-state index is 12.7. The number of para-hydroxylation sites is 2. The predicted octanol–water partition coefficient (Wildman–Crippen LogP) is 3.52. The van der Waals surface area contributed by atoms with E-state index in [2.05, 4.69) is 40.4 Å². The second-order valence-corrected chi connectivity index (χ2v) is 8.68. The molecule has 0 unspecified atom stereocenters. The SMILES string of the molecule is Cc1cnc2n1-c1ccccc1OC1(CCN(C(=O)C3CC(C)C3)CC1)C2. The van der Waals surface area contributed by atoms with E-state index in [0.29, 0.717) is 11.8 Å². The fourth-order valence-electron chi connectivity index (χ4n) is 5.00. The van der Waals surface area contributed by atoms with Crippen LogP contribution in [0.25, 0.3) is 5.69 Å². The first kappa shape index (κ1) is 16.8. The van der Waals surface area contributed by atoms with Crippen LogP contribution in [0.4, 0.5) is 0 Å². The molecule has 3 heterocycles. The Morgan fingerprint density at radius 1 is 1.22 bits per heavy atom. The summed E-state index contributed by atoms with van der Waals surface area (Å²) in [6.07, 6.45) is 6.57. The van der Waals surface area contributed by atoms with Crippen molar-refractivity contribution in [2.75, 3.05) is 13.1 Å². The molecule has 1 amide bonds. The van der Waals surface area contributed by atoms with Gasteiger partial charge < -0.3 is 9.64 Å². The molecule has 5 heteroatoms. The van der Waals surface area contributed by atoms with E-state index in [1.54, 1.807) is 0 Å². The lowest BCUT2D eigenvalue weighted by atomic mass is 9.75. The van der Waals surface area contributed by atoms with Gasteiger partial charge in [-0.15, -0.1) is 0 Å². The third-order valence-corrected chi connectivity index (χ3v) is 6.63. The molecule has 1 saturated heterocycles. The Morgan fingerprint density at radius 3 is 2.70 bits per heavy atom. The maximum Gasteiger partial charge on any atom is 0.225 e. The molecule has 2 aliphatic heterocycles. The summed E-state index contributed by atoms with van der Waals surface area (Å²) in [6, 6.07) is 8.23. The van der Waals surface area contributed by atoms with Gasteiger partial charge in [0.05, 0.1) is 5.69 Å². The lowest BCUT2D eigenvalue weighted by molar-refractivity contribution is -0.143. The lowest BCUT2D eigenvalue weighted by Gasteiger charge is -2.43. The van der Waals surface area contributed by atoms with E-state index in [0.717, 1.165) is 68.1 Å². The third-order valence-electron chi connectivity index (χ3n) is 6.63. The Kier molecular flexibility index (Phi) is 3.81. The van der Waals surface area contributed by atoms with Gasteiger partial charge in [0.25, 0.3) is 0 Å². The summed E-state index contributed by atoms with van der Waals surface area (Å²) in [5, 5.41) is 0. The number of hydrogen-bond acceptors (Lipinski definition) is 3. The van der Waals surface area contributed by atoms with Crippen LogP contribution in [0, 0.1) is 18.8 Å². The number of hydrogen-bond donors (Lipinski definition) is 0. The van der Waals surface area contributed by atoms with Gasteiger partial charge in [0.15, 0.2) is 0 Å². The summed E-state index contributed by atoms with van der Waals surface area (Å²) in [4.78, 5) is 19.5. The maximum absolute atomic E-state index is 12.7. The van der Waals surface area contributed by atoms with Crippen LogP contribution in [-0.2, 0) is 11.2 Å². The number of carbonyl (C=O) groups excluding carboxylic acids is 1. The normalized spacial score (nSPS) is 25.8. The van der Waals surface area contributed by atoms with Gasteiger partial charge in [-0.3, -0.25) is 9.36 Å². The summed E-state index contributed by atoms with van der Waals surface area (Å²) in [5.41, 5.74) is 1.93. The topological polar surface area (TPSA) is 47.4 Å². The van der Waals surface area contributed by atoms with E-state index in [9.17, 15) is 4.79 Å². The Hall–Kier alpha value is -2.30. The first-order chi connectivity index (χ1) is 13.0. The van der Waals surface area contributed by atoms with E-state index in [1.807, 2.05) is 18.3 Å². The Balaban J connectivity index is 1.40. The molecule has 2 fully saturated rings. The summed E-state index contributed by atoms with van der Waals surface area (Å²) in [7, 11) is 0. The molecule has 1 aromatic heterocycles. The van der Waals surface area contributed by atoms with Crippen LogP contribution in [0.1, 0.15) is 44.1 Å². The van der Waals surface area contributed by atoms with Gasteiger partial charge in [-0.05, 0) is 37.8 Å². The summed E-state index contributed by atoms with van der Waals surface area (Å²) >= 11 is 0. The van der Waals surface area contributed by atoms with Crippen molar-refractivity contribution in [2.45, 2.75) is 51.6 Å². The molecule has 0 bridgehead atoms. The molecule has 2 aromatic rings. The quantitative estimate of drug-likeness (QED) is 0.777. The van der Waals surface area contributed by atoms with Crippen molar-refractivity contribution in [3.05, 3.63) is 42.0 Å². The molecule has 1 aliphatic carbocycles. The number of benzene rings is 1. The van der Waals surface area contributed by atoms with Gasteiger partial charge >= 0.3 is 0 Å². The number of nitrogens with zero attached hydrogens (tertiary/aromatic N) is 3. The standard InChI is InChI=1S/C22H27N3O2/c1-15-11-17(12-15)21(26)24-9-7-22(8-10-24)13-20-23-14-16(2)25(20)18-5-3-4-6-19(18)27-22/h3-6,14-15,17H,7-13H2,1-2H3. The van der Waals surface area contributed by atoms with E-state index in [-0.39, 0.29) is 11.5 Å². The highest BCUT2D eigenvalue weighted by Crippen LogP contribution is 2.40. The number of fused-ring (bicyclic) bond motifs is 3. The number of piperidine rings is 1. The fourth-order valence-corrected chi connectivity index (χ4v) is 5.00. The first-order valence-corrected chi connectivity index (χ1v) is 10.2. The van der Waals surface area contributed by atoms with Crippen LogP contribution >= 0.6 is 0 Å². The van der Waals surface area contributed by atoms with Gasteiger partial charge in [-0.2, -0.15) is 0 Å². The van der Waals surface area contributed by atoms with Crippen molar-refractivity contribution in [1.82, 2.24) is 14.5 Å². The number of aryl methyl sites for hydroxylation is 1. The number of rotatable bonds is 1. The molecule has 5 rings (SSSR count). The summed E-state index contributed by atoms with van der Waals surface area (Å²) in [5.74, 6) is 3.30. The molecule has 0 radical (unpaired) electrons. The van der Waals surface area contributed by atoms with Crippen molar-refractivity contribution in [3.8, 4) is 11.4 Å². The molecule has 0 N–H and O–H groups in total. The summed E-state index contributed by atoms with van der Waals surface area (Å²) in [6.45, 7) is 5.89. The van der Waals surface area contributed by atoms with Gasteiger partial charge in [0, 0.05) is 50.2 Å². The molecule has 27 heavy (non-hydrogen) atoms. The third kappa shape index (κ3) is 2.75. The van der Waals surface area contributed by atoms with E-state index in [4.69, 9.17) is 4.74 Å². The number of ether oxygens (including phenoxy) is 1. The number of aromatic nitrogens is 2. The van der Waals surface area contributed by atoms with Gasteiger partial charge in [0.2, 0.25) is 5.91 Å². The van der Waals surface area contributed by atoms with Crippen LogP contribution < -0.4 is 4.74 Å². The van der Waals surface area contributed by atoms with Gasteiger partial charge in [-0.1, -0.05) is 19.1 Å². The van der Waals surface area contributed by atoms with E-state index < -0.39 is 0 Å². The number of imidazole rings is 1. The van der Waals surface area contributed by atoms with Gasteiger partial charge in [0.1, 0.15) is 17.2 Å². The molecule has 142 valence electrons. The first-order valence-electron chi connectivity index (χ1n) is 10.2. The van der Waals surface area contributed by atoms with Crippen molar-refractivity contribution in [2.24, 2.45) is 11.8 Å². The van der Waals surface area contributed by atoms with Crippen LogP contribution in [0.2, 0.25) is 0 Å². The molecule has 0 atom stereocenters. The molecule has 3 aliphatic rings. The summed E-state index contributed by atoms with van der Waals surface area (Å²) < 4.78 is 8.85. The molecular formula is C22H27N3O2. The highest BCUT2D eigenvalue weighted by molar-refractivity contribution is 5.79. The molecule has 5 nitrogen and oxygen atoms in total. The number of carbonyl (C=O) groups is 1. The van der Waals surface area contributed by atoms with Crippen molar-refractivity contribution >= 4 is 5.91 Å². The second-order valence-electron chi connectivity index (χ2n) is 8.68. The van der Waals surface area contributed by atoms with Gasteiger partial charge in [-0.25, -0.2) is 4.98 Å². The minimum Gasteiger partial charge on any atom is -0.484 e. The minimum absolute atomic E-state index is 0.256. The largest absolute Gasteiger partial charge is 0.484 e. The number of likely N-dealkylation sites (tertiary alicyclic amines) is 1. The van der Waals surface area contributed by atoms with E-state index in [1.165, 1.54) is 0 Å². The lowest BCUT2D eigenvalue weighted by Crippen LogP contribution is -2.53. The predicted molar refractivity (Wildman–Crippen MR) is 103 cm³/mol. The fraction of sp³-hybridized carbons (Fsp3) is 0.545. The molecule has 1 saturated carbocycles. The molecule has 1 aromatic carbocycles. The second kappa shape index (κ2) is 6.11. The Bertz CT molecular complexity index is 873. The van der Waals surface area contributed by atoms with E-state index >= 15 is 0 Å². The highest BCUT2D eigenvalue weighted by Gasteiger charge is 2.43. The van der Waals surface area contributed by atoms with Crippen molar-refractivity contribution < 1.29 is 9.53 Å². The van der Waals surface area contributed by atoms with Crippen LogP contribution in [0.5, 0.6) is 5.75 Å². The van der Waals surface area contributed by atoms with Crippen LogP contribution in [0.3, 0.4) is 0 Å². The van der Waals surface area contributed by atoms with Crippen LogP contribution in [-0.4, -0.2) is 39.0 Å². The van der Waals surface area contributed by atoms with Crippen molar-refractivity contribution in [1.29, 1.82) is 0 Å². The smallest absolute Gasteiger partial charge is 0.225 e. The molecule has 1 spiro atoms. The monoisotopic (exact) mass is 365 g/mol. The van der Waals surface area contributed by atoms with Crippen molar-refractivity contribution in [3.63, 3.8) is 0 Å². The zero-order chi connectivity index (χ0) is 18.6. The zero-order valence-corrected chi connectivity index (χ0v) is 16.1. The Morgan fingerprint density at radius 2 is 1.96 bits per heavy atom. The zero-order valence-electron chi connectivity index (χ0n) is 16.1. The Labute approximate surface area is 160 Å². The molecular weight excluding hydrogens is 338 g/mol. The highest BCUT2D eigenvalue weighted by atomic mass is 16.5.